The molecule has 0 atom stereocenters. The number of aromatic nitrogens is 2. The summed E-state index contributed by atoms with van der Waals surface area (Å²) in [6, 6.07) is 13.6. The maximum Gasteiger partial charge on any atom is 0.416 e. The Kier molecular flexibility index (Phi) is 6.97. The van der Waals surface area contributed by atoms with E-state index in [0.717, 1.165) is 26.8 Å². The molecule has 0 saturated heterocycles. The van der Waals surface area contributed by atoms with Gasteiger partial charge in [-0.2, -0.15) is 13.2 Å². The smallest absolute Gasteiger partial charge is 0.350 e. The van der Waals surface area contributed by atoms with Crippen LogP contribution in [0.4, 0.5) is 13.2 Å². The van der Waals surface area contributed by atoms with Crippen molar-refractivity contribution < 1.29 is 18.0 Å². The van der Waals surface area contributed by atoms with Crippen molar-refractivity contribution in [1.29, 1.82) is 0 Å². The molecule has 1 N–H and O–H groups in total. The molecule has 1 heterocycles. The number of rotatable bonds is 5. The van der Waals surface area contributed by atoms with Gasteiger partial charge in [0.2, 0.25) is 5.91 Å². The Morgan fingerprint density at radius 2 is 1.75 bits per heavy atom. The fourth-order valence-corrected chi connectivity index (χ4v) is 4.04. The fraction of sp³-hybridized carbons (Fsp3) is 0.160. The van der Waals surface area contributed by atoms with Crippen molar-refractivity contribution in [3.05, 3.63) is 108 Å². The van der Waals surface area contributed by atoms with Crippen molar-refractivity contribution in [3.8, 4) is 5.69 Å². The van der Waals surface area contributed by atoms with Gasteiger partial charge < -0.3 is 5.32 Å². The summed E-state index contributed by atoms with van der Waals surface area (Å²) >= 11 is 12.3. The molecule has 0 unspecified atom stereocenters. The van der Waals surface area contributed by atoms with Gasteiger partial charge >= 0.3 is 11.9 Å². The predicted octanol–water partition coefficient (Wildman–Crippen LogP) is 5.10. The molecule has 36 heavy (non-hydrogen) atoms. The summed E-state index contributed by atoms with van der Waals surface area (Å²) in [4.78, 5) is 39.3. The molecule has 0 aliphatic heterocycles. The Balaban J connectivity index is 1.72. The zero-order valence-electron chi connectivity index (χ0n) is 18.7. The Labute approximate surface area is 212 Å². The van der Waals surface area contributed by atoms with Gasteiger partial charge in [-0.1, -0.05) is 41.4 Å². The summed E-state index contributed by atoms with van der Waals surface area (Å²) in [6.07, 6.45) is -4.52. The molecule has 4 rings (SSSR count). The number of fused-ring (bicyclic) bond motifs is 1. The minimum Gasteiger partial charge on any atom is -0.350 e. The average molecular weight is 536 g/mol. The molecule has 186 valence electrons. The largest absolute Gasteiger partial charge is 0.416 e. The van der Waals surface area contributed by atoms with E-state index in [1.807, 2.05) is 0 Å². The van der Waals surface area contributed by atoms with Crippen molar-refractivity contribution in [3.63, 3.8) is 0 Å². The van der Waals surface area contributed by atoms with E-state index >= 15 is 0 Å². The quantitative estimate of drug-likeness (QED) is 0.386. The van der Waals surface area contributed by atoms with Crippen molar-refractivity contribution in [2.24, 2.45) is 0 Å². The number of amides is 1. The molecule has 0 aliphatic rings. The van der Waals surface area contributed by atoms with Crippen LogP contribution in [0.2, 0.25) is 10.0 Å². The van der Waals surface area contributed by atoms with Crippen LogP contribution in [0.5, 0.6) is 0 Å². The SMILES string of the molecule is Cc1ccc(-n2c(=O)c3ccc(Cl)cc3n(CC(=O)NCc3cccc(C(F)(F)F)c3)c2=O)cc1Cl. The van der Waals surface area contributed by atoms with Crippen LogP contribution >= 0.6 is 23.2 Å². The summed E-state index contributed by atoms with van der Waals surface area (Å²) in [6.45, 7) is 1.07. The molecular weight excluding hydrogens is 518 g/mol. The number of carbonyl (C=O) groups is 1. The van der Waals surface area contributed by atoms with Crippen LogP contribution in [-0.4, -0.2) is 15.0 Å². The minimum atomic E-state index is -4.52. The molecule has 0 bridgehead atoms. The summed E-state index contributed by atoms with van der Waals surface area (Å²) in [5.41, 5.74) is -0.921. The van der Waals surface area contributed by atoms with Crippen LogP contribution in [0, 0.1) is 6.92 Å². The lowest BCUT2D eigenvalue weighted by atomic mass is 10.1. The Morgan fingerprint density at radius 1 is 1.00 bits per heavy atom. The number of nitrogens with one attached hydrogen (secondary N) is 1. The Hall–Kier alpha value is -3.56. The van der Waals surface area contributed by atoms with Gasteiger partial charge in [0.05, 0.1) is 22.2 Å². The second-order valence-electron chi connectivity index (χ2n) is 8.08. The molecule has 6 nitrogen and oxygen atoms in total. The van der Waals surface area contributed by atoms with Gasteiger partial charge in [-0.3, -0.25) is 14.2 Å². The molecule has 0 saturated carbocycles. The lowest BCUT2D eigenvalue weighted by Gasteiger charge is -2.15. The highest BCUT2D eigenvalue weighted by molar-refractivity contribution is 6.31. The van der Waals surface area contributed by atoms with Gasteiger partial charge in [0, 0.05) is 16.6 Å². The van der Waals surface area contributed by atoms with Crippen LogP contribution in [0.25, 0.3) is 16.6 Å². The van der Waals surface area contributed by atoms with Crippen molar-refractivity contribution in [2.45, 2.75) is 26.2 Å². The molecule has 0 fully saturated rings. The zero-order valence-corrected chi connectivity index (χ0v) is 20.2. The van der Waals surface area contributed by atoms with Gasteiger partial charge in [-0.25, -0.2) is 9.36 Å². The first-order chi connectivity index (χ1) is 17.0. The highest BCUT2D eigenvalue weighted by atomic mass is 35.5. The number of alkyl halides is 3. The first kappa shape index (κ1) is 25.5. The van der Waals surface area contributed by atoms with Crippen LogP contribution in [0.1, 0.15) is 16.7 Å². The third-order valence-electron chi connectivity index (χ3n) is 5.57. The van der Waals surface area contributed by atoms with E-state index in [1.54, 1.807) is 19.1 Å². The second-order valence-corrected chi connectivity index (χ2v) is 8.92. The van der Waals surface area contributed by atoms with Crippen molar-refractivity contribution in [1.82, 2.24) is 14.5 Å². The van der Waals surface area contributed by atoms with E-state index in [0.29, 0.717) is 5.02 Å². The third kappa shape index (κ3) is 5.17. The summed E-state index contributed by atoms with van der Waals surface area (Å²) < 4.78 is 40.9. The van der Waals surface area contributed by atoms with Gasteiger partial charge in [0.15, 0.2) is 0 Å². The van der Waals surface area contributed by atoms with Gasteiger partial charge in [0.1, 0.15) is 6.54 Å². The number of hydrogen-bond acceptors (Lipinski definition) is 3. The van der Waals surface area contributed by atoms with Crippen LogP contribution in [0.15, 0.2) is 70.3 Å². The van der Waals surface area contributed by atoms with Crippen LogP contribution in [0.3, 0.4) is 0 Å². The Bertz CT molecular complexity index is 1610. The minimum absolute atomic E-state index is 0.140. The van der Waals surface area contributed by atoms with Crippen LogP contribution in [-0.2, 0) is 24.1 Å². The molecule has 1 amide bonds. The molecule has 0 spiro atoms. The Morgan fingerprint density at radius 3 is 2.44 bits per heavy atom. The van der Waals surface area contributed by atoms with E-state index in [9.17, 15) is 27.6 Å². The molecule has 3 aromatic carbocycles. The molecule has 0 radical (unpaired) electrons. The first-order valence-electron chi connectivity index (χ1n) is 10.6. The third-order valence-corrected chi connectivity index (χ3v) is 6.21. The summed E-state index contributed by atoms with van der Waals surface area (Å²) in [7, 11) is 0. The number of nitrogens with zero attached hydrogens (tertiary/aromatic N) is 2. The lowest BCUT2D eigenvalue weighted by molar-refractivity contribution is -0.137. The number of carbonyl (C=O) groups excluding carboxylic acids is 1. The highest BCUT2D eigenvalue weighted by Crippen LogP contribution is 2.29. The highest BCUT2D eigenvalue weighted by Gasteiger charge is 2.30. The maximum atomic E-state index is 13.4. The van der Waals surface area contributed by atoms with E-state index in [-0.39, 0.29) is 33.7 Å². The number of aryl methyl sites for hydroxylation is 1. The summed E-state index contributed by atoms with van der Waals surface area (Å²) in [5, 5.41) is 3.25. The van der Waals surface area contributed by atoms with E-state index < -0.39 is 35.4 Å². The number of benzene rings is 3. The molecule has 11 heteroatoms. The van der Waals surface area contributed by atoms with Gasteiger partial charge in [-0.15, -0.1) is 0 Å². The maximum absolute atomic E-state index is 13.4. The predicted molar refractivity (Wildman–Crippen MR) is 132 cm³/mol. The van der Waals surface area contributed by atoms with Crippen molar-refractivity contribution >= 4 is 40.0 Å². The van der Waals surface area contributed by atoms with Crippen LogP contribution < -0.4 is 16.6 Å². The normalized spacial score (nSPS) is 11.6. The number of hydrogen-bond donors (Lipinski definition) is 1. The molecule has 1 aromatic heterocycles. The first-order valence-corrected chi connectivity index (χ1v) is 11.4. The molecule has 4 aromatic rings. The fourth-order valence-electron chi connectivity index (χ4n) is 3.70. The number of halogens is 5. The standard InChI is InChI=1S/C25H18Cl2F3N3O3/c1-14-5-7-18(11-20(14)27)33-23(35)19-8-6-17(26)10-21(19)32(24(33)36)13-22(34)31-12-15-3-2-4-16(9-15)25(28,29)30/h2-11H,12-13H2,1H3,(H,31,34). The van der Waals surface area contributed by atoms with Crippen molar-refractivity contribution in [2.75, 3.05) is 0 Å². The molecular formula is C25H18Cl2F3N3O3. The van der Waals surface area contributed by atoms with Gasteiger partial charge in [0.25, 0.3) is 5.56 Å². The van der Waals surface area contributed by atoms with E-state index in [2.05, 4.69) is 5.32 Å². The molecule has 0 aliphatic carbocycles. The lowest BCUT2D eigenvalue weighted by Crippen LogP contribution is -2.41. The topological polar surface area (TPSA) is 73.1 Å². The van der Waals surface area contributed by atoms with Gasteiger partial charge in [-0.05, 0) is 60.5 Å². The second kappa shape index (κ2) is 9.83. The van der Waals surface area contributed by atoms with E-state index in [1.165, 1.54) is 36.4 Å². The van der Waals surface area contributed by atoms with E-state index in [4.69, 9.17) is 23.2 Å². The monoisotopic (exact) mass is 535 g/mol. The average Bonchev–Trinajstić information content (AvgIpc) is 2.82. The summed E-state index contributed by atoms with van der Waals surface area (Å²) in [5.74, 6) is -0.650. The zero-order chi connectivity index (χ0) is 26.2.